The predicted molar refractivity (Wildman–Crippen MR) is 86.3 cm³/mol. The van der Waals surface area contributed by atoms with Crippen LogP contribution < -0.4 is 9.62 Å². The average molecular weight is 335 g/mol. The lowest BCUT2D eigenvalue weighted by Gasteiger charge is -2.18. The molecule has 0 amide bonds. The zero-order valence-corrected chi connectivity index (χ0v) is 13.6. The summed E-state index contributed by atoms with van der Waals surface area (Å²) in [6.45, 7) is 2.90. The minimum atomic E-state index is -3.66. The molecule has 1 atom stereocenters. The number of anilines is 1. The Kier molecular flexibility index (Phi) is 4.32. The van der Waals surface area contributed by atoms with Gasteiger partial charge in [-0.1, -0.05) is 6.07 Å². The van der Waals surface area contributed by atoms with E-state index < -0.39 is 15.8 Å². The number of hydrogen-bond donors (Lipinski definition) is 1. The van der Waals surface area contributed by atoms with Crippen LogP contribution in [0.15, 0.2) is 47.5 Å². The maximum atomic E-state index is 13.2. The van der Waals surface area contributed by atoms with E-state index in [0.717, 1.165) is 18.4 Å². The highest BCUT2D eigenvalue weighted by Gasteiger charge is 2.28. The summed E-state index contributed by atoms with van der Waals surface area (Å²) < 4.78 is 40.9. The van der Waals surface area contributed by atoms with E-state index in [0.29, 0.717) is 18.5 Å². The van der Waals surface area contributed by atoms with Gasteiger partial charge >= 0.3 is 0 Å². The van der Waals surface area contributed by atoms with Crippen LogP contribution in [0.2, 0.25) is 0 Å². The standard InChI is InChI=1S/C16H18FN3O2S/c1-12-10-13(17)5-6-15(12)23(21,22)19-14-7-9-20(11-14)16-4-2-3-8-18-16/h2-6,8,10,14,19H,7,9,11H2,1H3/t14-/m1/s1. The SMILES string of the molecule is Cc1cc(F)ccc1S(=O)(=O)N[C@@H]1CCN(c2ccccn2)C1. The first-order valence-corrected chi connectivity index (χ1v) is 8.88. The van der Waals surface area contributed by atoms with Gasteiger partial charge in [-0.3, -0.25) is 0 Å². The van der Waals surface area contributed by atoms with Crippen LogP contribution in [0, 0.1) is 12.7 Å². The summed E-state index contributed by atoms with van der Waals surface area (Å²) in [7, 11) is -3.66. The van der Waals surface area contributed by atoms with Crippen molar-refractivity contribution in [2.45, 2.75) is 24.3 Å². The lowest BCUT2D eigenvalue weighted by Crippen LogP contribution is -2.37. The van der Waals surface area contributed by atoms with Crippen molar-refractivity contribution in [2.75, 3.05) is 18.0 Å². The fourth-order valence-electron chi connectivity index (χ4n) is 2.80. The number of halogens is 1. The highest BCUT2D eigenvalue weighted by molar-refractivity contribution is 7.89. The van der Waals surface area contributed by atoms with Gasteiger partial charge < -0.3 is 4.90 Å². The van der Waals surface area contributed by atoms with Crippen molar-refractivity contribution in [1.82, 2.24) is 9.71 Å². The van der Waals surface area contributed by atoms with Gasteiger partial charge in [-0.15, -0.1) is 0 Å². The number of aromatic nitrogens is 1. The summed E-state index contributed by atoms with van der Waals surface area (Å²) in [5.41, 5.74) is 0.400. The topological polar surface area (TPSA) is 62.3 Å². The van der Waals surface area contributed by atoms with Crippen LogP contribution in [0.1, 0.15) is 12.0 Å². The Bertz CT molecular complexity index is 796. The average Bonchev–Trinajstić information content (AvgIpc) is 2.95. The molecule has 122 valence electrons. The van der Waals surface area contributed by atoms with Crippen molar-refractivity contribution in [3.05, 3.63) is 54.0 Å². The van der Waals surface area contributed by atoms with Crippen molar-refractivity contribution in [3.8, 4) is 0 Å². The third-order valence-electron chi connectivity index (χ3n) is 3.91. The number of rotatable bonds is 4. The monoisotopic (exact) mass is 335 g/mol. The first-order valence-electron chi connectivity index (χ1n) is 7.40. The van der Waals surface area contributed by atoms with Crippen LogP contribution in [-0.4, -0.2) is 32.5 Å². The van der Waals surface area contributed by atoms with Gasteiger partial charge in [0.2, 0.25) is 10.0 Å². The molecule has 1 aromatic carbocycles. The first kappa shape index (κ1) is 15.9. The summed E-state index contributed by atoms with van der Waals surface area (Å²) in [4.78, 5) is 6.45. The summed E-state index contributed by atoms with van der Waals surface area (Å²) in [5, 5.41) is 0. The lowest BCUT2D eigenvalue weighted by molar-refractivity contribution is 0.560. The van der Waals surface area contributed by atoms with Gasteiger partial charge in [-0.25, -0.2) is 22.5 Å². The summed E-state index contributed by atoms with van der Waals surface area (Å²) >= 11 is 0. The van der Waals surface area contributed by atoms with Gasteiger partial charge in [-0.05, 0) is 49.2 Å². The Labute approximate surface area is 135 Å². The van der Waals surface area contributed by atoms with E-state index in [1.807, 2.05) is 23.1 Å². The number of sulfonamides is 1. The number of hydrogen-bond acceptors (Lipinski definition) is 4. The number of benzene rings is 1. The van der Waals surface area contributed by atoms with E-state index >= 15 is 0 Å². The molecule has 2 heterocycles. The van der Waals surface area contributed by atoms with Gasteiger partial charge in [0, 0.05) is 25.3 Å². The molecule has 23 heavy (non-hydrogen) atoms. The molecule has 0 aliphatic carbocycles. The maximum Gasteiger partial charge on any atom is 0.241 e. The number of aryl methyl sites for hydroxylation is 1. The lowest BCUT2D eigenvalue weighted by atomic mass is 10.2. The molecule has 5 nitrogen and oxygen atoms in total. The molecule has 3 rings (SSSR count). The number of pyridine rings is 1. The fraction of sp³-hybridized carbons (Fsp3) is 0.312. The van der Waals surface area contributed by atoms with Crippen LogP contribution in [0.4, 0.5) is 10.2 Å². The van der Waals surface area contributed by atoms with Crippen LogP contribution >= 0.6 is 0 Å². The Balaban J connectivity index is 1.72. The summed E-state index contributed by atoms with van der Waals surface area (Å²) in [6, 6.07) is 9.16. The molecule has 1 aliphatic rings. The van der Waals surface area contributed by atoms with E-state index in [4.69, 9.17) is 0 Å². The molecule has 1 fully saturated rings. The zero-order valence-electron chi connectivity index (χ0n) is 12.7. The second-order valence-electron chi connectivity index (χ2n) is 5.65. The fourth-order valence-corrected chi connectivity index (χ4v) is 4.29. The van der Waals surface area contributed by atoms with E-state index in [9.17, 15) is 12.8 Å². The quantitative estimate of drug-likeness (QED) is 0.929. The van der Waals surface area contributed by atoms with Gasteiger partial charge in [0.05, 0.1) is 4.90 Å². The summed E-state index contributed by atoms with van der Waals surface area (Å²) in [5.74, 6) is 0.399. The van der Waals surface area contributed by atoms with Crippen LogP contribution in [0.3, 0.4) is 0 Å². The molecular weight excluding hydrogens is 317 g/mol. The molecule has 2 aromatic rings. The Morgan fingerprint density at radius 2 is 2.13 bits per heavy atom. The Hall–Kier alpha value is -1.99. The first-order chi connectivity index (χ1) is 11.0. The molecule has 7 heteroatoms. The van der Waals surface area contributed by atoms with Gasteiger partial charge in [-0.2, -0.15) is 0 Å². The number of nitrogens with zero attached hydrogens (tertiary/aromatic N) is 2. The van der Waals surface area contributed by atoms with E-state index in [1.165, 1.54) is 12.1 Å². The van der Waals surface area contributed by atoms with Gasteiger partial charge in [0.1, 0.15) is 11.6 Å². The van der Waals surface area contributed by atoms with Crippen LogP contribution in [0.5, 0.6) is 0 Å². The summed E-state index contributed by atoms with van der Waals surface area (Å²) in [6.07, 6.45) is 2.42. The van der Waals surface area contributed by atoms with Crippen LogP contribution in [0.25, 0.3) is 0 Å². The van der Waals surface area contributed by atoms with E-state index in [1.54, 1.807) is 13.1 Å². The third-order valence-corrected chi connectivity index (χ3v) is 5.59. The largest absolute Gasteiger partial charge is 0.355 e. The van der Waals surface area contributed by atoms with Crippen molar-refractivity contribution >= 4 is 15.8 Å². The normalized spacial score (nSPS) is 18.3. The van der Waals surface area contributed by atoms with Crippen molar-refractivity contribution in [1.29, 1.82) is 0 Å². The van der Waals surface area contributed by atoms with Gasteiger partial charge in [0.25, 0.3) is 0 Å². The molecular formula is C16H18FN3O2S. The molecule has 0 radical (unpaired) electrons. The smallest absolute Gasteiger partial charge is 0.241 e. The highest BCUT2D eigenvalue weighted by Crippen LogP contribution is 2.21. The Morgan fingerprint density at radius 3 is 2.83 bits per heavy atom. The molecule has 0 bridgehead atoms. The van der Waals surface area contributed by atoms with Gasteiger partial charge in [0.15, 0.2) is 0 Å². The third kappa shape index (κ3) is 3.51. The maximum absolute atomic E-state index is 13.2. The molecule has 0 unspecified atom stereocenters. The number of nitrogens with one attached hydrogen (secondary N) is 1. The molecule has 1 aliphatic heterocycles. The van der Waals surface area contributed by atoms with Crippen molar-refractivity contribution in [3.63, 3.8) is 0 Å². The Morgan fingerprint density at radius 1 is 1.30 bits per heavy atom. The van der Waals surface area contributed by atoms with Crippen LogP contribution in [-0.2, 0) is 10.0 Å². The molecule has 0 saturated carbocycles. The van der Waals surface area contributed by atoms with E-state index in [-0.39, 0.29) is 10.9 Å². The molecule has 1 aromatic heterocycles. The highest BCUT2D eigenvalue weighted by atomic mass is 32.2. The minimum absolute atomic E-state index is 0.121. The van der Waals surface area contributed by atoms with Crippen molar-refractivity contribution < 1.29 is 12.8 Å². The zero-order chi connectivity index (χ0) is 16.4. The van der Waals surface area contributed by atoms with E-state index in [2.05, 4.69) is 9.71 Å². The van der Waals surface area contributed by atoms with Crippen molar-refractivity contribution in [2.24, 2.45) is 0 Å². The molecule has 0 spiro atoms. The predicted octanol–water partition coefficient (Wildman–Crippen LogP) is 2.09. The minimum Gasteiger partial charge on any atom is -0.355 e. The second kappa shape index (κ2) is 6.25. The molecule has 1 N–H and O–H groups in total. The molecule has 1 saturated heterocycles. The second-order valence-corrected chi connectivity index (χ2v) is 7.33.